The van der Waals surface area contributed by atoms with Crippen molar-refractivity contribution in [1.82, 2.24) is 10.6 Å². The molecule has 0 spiro atoms. The highest BCUT2D eigenvalue weighted by molar-refractivity contribution is 7.80. The Hall–Kier alpha value is -3.51. The van der Waals surface area contributed by atoms with Gasteiger partial charge in [-0.25, -0.2) is 0 Å². The first-order valence-electron chi connectivity index (χ1n) is 10.8. The minimum atomic E-state index is -0.816. The second kappa shape index (κ2) is 10.9. The molecule has 0 fully saturated rings. The molecule has 1 atom stereocenters. The predicted molar refractivity (Wildman–Crippen MR) is 138 cm³/mol. The van der Waals surface area contributed by atoms with Crippen LogP contribution in [0.1, 0.15) is 29.8 Å². The molecule has 0 bridgehead atoms. The van der Waals surface area contributed by atoms with E-state index in [2.05, 4.69) is 10.6 Å². The molecule has 5 nitrogen and oxygen atoms in total. The summed E-state index contributed by atoms with van der Waals surface area (Å²) in [5.74, 6) is -0.592. The second-order valence-electron chi connectivity index (χ2n) is 8.40. The molecule has 0 unspecified atom stereocenters. The Kier molecular flexibility index (Phi) is 7.96. The number of anilines is 1. The molecule has 0 saturated heterocycles. The number of amides is 2. The summed E-state index contributed by atoms with van der Waals surface area (Å²) in [6, 6.07) is 27.5. The molecule has 3 rings (SSSR count). The van der Waals surface area contributed by atoms with E-state index in [-0.39, 0.29) is 11.8 Å². The number of thiocarbonyl (C=S) groups is 1. The maximum absolute atomic E-state index is 13.4. The number of carbonyl (C=O) groups is 2. The number of nitrogens with zero attached hydrogens (tertiary/aromatic N) is 1. The zero-order valence-electron chi connectivity index (χ0n) is 19.1. The van der Waals surface area contributed by atoms with Gasteiger partial charge in [0, 0.05) is 24.7 Å². The minimum Gasteiger partial charge on any atom is -0.343 e. The summed E-state index contributed by atoms with van der Waals surface area (Å²) in [4.78, 5) is 28.7. The Morgan fingerprint density at radius 2 is 1.39 bits per heavy atom. The van der Waals surface area contributed by atoms with Gasteiger partial charge in [0.2, 0.25) is 5.91 Å². The third-order valence-electron chi connectivity index (χ3n) is 5.36. The van der Waals surface area contributed by atoms with Gasteiger partial charge in [0.05, 0.1) is 5.54 Å². The van der Waals surface area contributed by atoms with Crippen molar-refractivity contribution in [3.05, 3.63) is 102 Å². The molecular weight excluding hydrogens is 430 g/mol. The summed E-state index contributed by atoms with van der Waals surface area (Å²) in [6.07, 6.45) is 0.364. The highest BCUT2D eigenvalue weighted by atomic mass is 32.1. The molecule has 3 aromatic carbocycles. The van der Waals surface area contributed by atoms with Crippen LogP contribution in [-0.2, 0) is 11.2 Å². The van der Waals surface area contributed by atoms with E-state index in [9.17, 15) is 9.59 Å². The molecule has 6 heteroatoms. The van der Waals surface area contributed by atoms with Gasteiger partial charge in [-0.15, -0.1) is 0 Å². The van der Waals surface area contributed by atoms with Gasteiger partial charge < -0.3 is 15.5 Å². The van der Waals surface area contributed by atoms with Crippen LogP contribution in [-0.4, -0.2) is 35.4 Å². The molecule has 0 aliphatic heterocycles. The van der Waals surface area contributed by atoms with Crippen molar-refractivity contribution < 1.29 is 9.59 Å². The van der Waals surface area contributed by atoms with Crippen LogP contribution in [0.5, 0.6) is 0 Å². The quantitative estimate of drug-likeness (QED) is 0.491. The lowest BCUT2D eigenvalue weighted by molar-refractivity contribution is -0.123. The Balaban J connectivity index is 1.78. The first-order chi connectivity index (χ1) is 15.8. The van der Waals surface area contributed by atoms with E-state index in [1.165, 1.54) is 0 Å². The largest absolute Gasteiger partial charge is 0.343 e. The van der Waals surface area contributed by atoms with Crippen LogP contribution in [0.4, 0.5) is 5.69 Å². The fourth-order valence-electron chi connectivity index (χ4n) is 3.53. The number of hydrogen-bond donors (Lipinski definition) is 2. The number of likely N-dealkylation sites (N-methyl/N-ethyl adjacent to an activating group) is 1. The van der Waals surface area contributed by atoms with Crippen molar-refractivity contribution in [1.29, 1.82) is 0 Å². The zero-order valence-corrected chi connectivity index (χ0v) is 19.9. The highest BCUT2D eigenvalue weighted by Crippen LogP contribution is 2.18. The van der Waals surface area contributed by atoms with E-state index in [0.29, 0.717) is 17.0 Å². The number of nitrogens with one attached hydrogen (secondary N) is 2. The fourth-order valence-corrected chi connectivity index (χ4v) is 3.68. The lowest BCUT2D eigenvalue weighted by Gasteiger charge is -2.34. The first kappa shape index (κ1) is 24.1. The van der Waals surface area contributed by atoms with E-state index >= 15 is 0 Å². The van der Waals surface area contributed by atoms with E-state index in [4.69, 9.17) is 12.2 Å². The fraction of sp³-hybridized carbons (Fsp3) is 0.222. The van der Waals surface area contributed by atoms with E-state index in [0.717, 1.165) is 11.3 Å². The topological polar surface area (TPSA) is 61.4 Å². The second-order valence-corrected chi connectivity index (χ2v) is 8.78. The molecule has 33 heavy (non-hydrogen) atoms. The molecule has 0 saturated carbocycles. The molecule has 3 aromatic rings. The molecule has 170 valence electrons. The maximum Gasteiger partial charge on any atom is 0.251 e. The van der Waals surface area contributed by atoms with E-state index in [1.54, 1.807) is 24.3 Å². The van der Waals surface area contributed by atoms with Crippen LogP contribution >= 0.6 is 12.2 Å². The van der Waals surface area contributed by atoms with Gasteiger partial charge in [-0.05, 0) is 43.7 Å². The Morgan fingerprint density at radius 1 is 0.879 bits per heavy atom. The molecule has 0 aromatic heterocycles. The van der Waals surface area contributed by atoms with Gasteiger partial charge in [-0.3, -0.25) is 9.59 Å². The Labute approximate surface area is 200 Å². The number of para-hydroxylation sites is 1. The number of benzene rings is 3. The van der Waals surface area contributed by atoms with Crippen molar-refractivity contribution in [2.24, 2.45) is 0 Å². The molecular formula is C27H29N3O2S. The Morgan fingerprint density at radius 3 is 1.97 bits per heavy atom. The lowest BCUT2D eigenvalue weighted by Crippen LogP contribution is -2.59. The van der Waals surface area contributed by atoms with Crippen LogP contribution in [0.3, 0.4) is 0 Å². The smallest absolute Gasteiger partial charge is 0.251 e. The van der Waals surface area contributed by atoms with Gasteiger partial charge in [0.25, 0.3) is 5.91 Å². The third-order valence-corrected chi connectivity index (χ3v) is 6.14. The van der Waals surface area contributed by atoms with Crippen molar-refractivity contribution in [2.75, 3.05) is 11.9 Å². The summed E-state index contributed by atoms with van der Waals surface area (Å²) >= 11 is 5.72. The highest BCUT2D eigenvalue weighted by Gasteiger charge is 2.32. The van der Waals surface area contributed by atoms with Crippen LogP contribution < -0.4 is 15.5 Å². The van der Waals surface area contributed by atoms with Gasteiger partial charge in [0.1, 0.15) is 11.0 Å². The van der Waals surface area contributed by atoms with Gasteiger partial charge in [-0.2, -0.15) is 0 Å². The first-order valence-corrected chi connectivity index (χ1v) is 11.2. The summed E-state index contributed by atoms with van der Waals surface area (Å²) in [5.41, 5.74) is 1.57. The molecule has 2 amide bonds. The summed E-state index contributed by atoms with van der Waals surface area (Å²) in [5, 5.41) is 5.94. The molecule has 0 radical (unpaired) electrons. The van der Waals surface area contributed by atoms with Gasteiger partial charge in [-0.1, -0.05) is 78.9 Å². The summed E-state index contributed by atoms with van der Waals surface area (Å²) in [6.45, 7) is 3.73. The average molecular weight is 460 g/mol. The predicted octanol–water partition coefficient (Wildman–Crippen LogP) is 4.39. The third kappa shape index (κ3) is 6.49. The van der Waals surface area contributed by atoms with Crippen LogP contribution in [0, 0.1) is 0 Å². The molecule has 0 heterocycles. The van der Waals surface area contributed by atoms with Crippen LogP contribution in [0.15, 0.2) is 91.0 Å². The van der Waals surface area contributed by atoms with Crippen molar-refractivity contribution in [3.63, 3.8) is 0 Å². The van der Waals surface area contributed by atoms with Crippen molar-refractivity contribution in [2.45, 2.75) is 31.8 Å². The SMILES string of the molecule is CN(C(=S)C(C)(C)NC(=O)[C@H](Cc1ccccc1)NC(=O)c1ccccc1)c1ccccc1. The van der Waals surface area contributed by atoms with Gasteiger partial charge >= 0.3 is 0 Å². The standard InChI is InChI=1S/C27H29N3O2S/c1-27(2,26(33)30(3)22-17-11-6-12-18-22)29-25(32)23(19-20-13-7-4-8-14-20)28-24(31)21-15-9-5-10-16-21/h4-18,23H,19H2,1-3H3,(H,28,31)(H,29,32)/t23-/m0/s1. The van der Waals surface area contributed by atoms with Gasteiger partial charge in [0.15, 0.2) is 0 Å². The van der Waals surface area contributed by atoms with Crippen LogP contribution in [0.2, 0.25) is 0 Å². The number of hydrogen-bond acceptors (Lipinski definition) is 3. The zero-order chi connectivity index (χ0) is 23.8. The normalized spacial score (nSPS) is 11.8. The Bertz CT molecular complexity index is 1090. The summed E-state index contributed by atoms with van der Waals surface area (Å²) < 4.78 is 0. The minimum absolute atomic E-state index is 0.294. The van der Waals surface area contributed by atoms with Crippen LogP contribution in [0.25, 0.3) is 0 Å². The number of carbonyl (C=O) groups excluding carboxylic acids is 2. The van der Waals surface area contributed by atoms with E-state index in [1.807, 2.05) is 92.5 Å². The molecule has 0 aliphatic carbocycles. The monoisotopic (exact) mass is 459 g/mol. The average Bonchev–Trinajstić information content (AvgIpc) is 2.84. The molecule has 0 aliphatic rings. The van der Waals surface area contributed by atoms with E-state index < -0.39 is 11.6 Å². The molecule has 2 N–H and O–H groups in total. The lowest BCUT2D eigenvalue weighted by atomic mass is 10.0. The van der Waals surface area contributed by atoms with Crippen molar-refractivity contribution >= 4 is 34.7 Å². The summed E-state index contributed by atoms with van der Waals surface area (Å²) in [7, 11) is 1.88. The maximum atomic E-state index is 13.4. The number of rotatable bonds is 8. The van der Waals surface area contributed by atoms with Crippen molar-refractivity contribution in [3.8, 4) is 0 Å².